The number of ketones is 1. The van der Waals surface area contributed by atoms with Crippen LogP contribution in [0.25, 0.3) is 0 Å². The third kappa shape index (κ3) is 3.33. The number of hydrogen-bond acceptors (Lipinski definition) is 4. The van der Waals surface area contributed by atoms with Gasteiger partial charge in [0.1, 0.15) is 17.6 Å². The first-order valence-electron chi connectivity index (χ1n) is 8.41. The highest BCUT2D eigenvalue weighted by atomic mass is 79.9. The molecule has 2 aromatic rings. The Morgan fingerprint density at radius 3 is 2.42 bits per heavy atom. The molecule has 0 bridgehead atoms. The molecule has 0 spiro atoms. The summed E-state index contributed by atoms with van der Waals surface area (Å²) in [5, 5.41) is 10.5. The number of carbonyl (C=O) groups is 2. The Bertz CT molecular complexity index is 879. The summed E-state index contributed by atoms with van der Waals surface area (Å²) < 4.78 is 6.59. The second-order valence-corrected chi connectivity index (χ2v) is 7.70. The normalized spacial score (nSPS) is 17.5. The Morgan fingerprint density at radius 2 is 1.88 bits per heavy atom. The topological polar surface area (TPSA) is 70.8 Å². The average molecular weight is 418 g/mol. The van der Waals surface area contributed by atoms with Crippen LogP contribution in [0, 0.1) is 12.8 Å². The number of amides is 1. The number of furan rings is 1. The minimum Gasteiger partial charge on any atom is -0.503 e. The summed E-state index contributed by atoms with van der Waals surface area (Å²) >= 11 is 3.37. The molecule has 0 saturated carbocycles. The van der Waals surface area contributed by atoms with Crippen molar-refractivity contribution in [2.75, 3.05) is 4.90 Å². The van der Waals surface area contributed by atoms with E-state index >= 15 is 0 Å². The number of aryl methyl sites for hydroxylation is 1. The number of Topliss-reactive ketones (excluding diaryl/α,β-unsaturated/α-hetero) is 1. The summed E-state index contributed by atoms with van der Waals surface area (Å²) in [4.78, 5) is 27.0. The van der Waals surface area contributed by atoms with Gasteiger partial charge in [-0.2, -0.15) is 0 Å². The second kappa shape index (κ2) is 7.11. The fourth-order valence-electron chi connectivity index (χ4n) is 3.11. The molecule has 5 nitrogen and oxygen atoms in total. The summed E-state index contributed by atoms with van der Waals surface area (Å²) in [5.74, 6) is -0.112. The summed E-state index contributed by atoms with van der Waals surface area (Å²) in [6.45, 7) is 5.64. The van der Waals surface area contributed by atoms with Gasteiger partial charge in [0.05, 0.1) is 5.57 Å². The molecule has 0 aliphatic carbocycles. The number of anilines is 1. The SMILES string of the molecule is Cc1ccc(C2C(C(=O)CC(C)C)=C(O)C(=O)N2c2ccc(Br)cc2)o1. The van der Waals surface area contributed by atoms with Crippen molar-refractivity contribution < 1.29 is 19.1 Å². The molecule has 1 aromatic heterocycles. The molecule has 26 heavy (non-hydrogen) atoms. The van der Waals surface area contributed by atoms with Crippen LogP contribution in [-0.4, -0.2) is 16.8 Å². The number of benzene rings is 1. The lowest BCUT2D eigenvalue weighted by Crippen LogP contribution is -2.30. The van der Waals surface area contributed by atoms with Crippen molar-refractivity contribution in [2.45, 2.75) is 33.2 Å². The van der Waals surface area contributed by atoms with Gasteiger partial charge in [0.15, 0.2) is 11.5 Å². The summed E-state index contributed by atoms with van der Waals surface area (Å²) in [6, 6.07) is 9.86. The van der Waals surface area contributed by atoms with Crippen molar-refractivity contribution in [3.8, 4) is 0 Å². The van der Waals surface area contributed by atoms with E-state index in [-0.39, 0.29) is 23.7 Å². The molecule has 1 unspecified atom stereocenters. The number of nitrogens with zero attached hydrogens (tertiary/aromatic N) is 1. The van der Waals surface area contributed by atoms with Crippen LogP contribution in [0.1, 0.15) is 37.8 Å². The van der Waals surface area contributed by atoms with E-state index in [9.17, 15) is 14.7 Å². The molecule has 136 valence electrons. The van der Waals surface area contributed by atoms with Crippen molar-refractivity contribution >= 4 is 33.3 Å². The fraction of sp³-hybridized carbons (Fsp3) is 0.300. The highest BCUT2D eigenvalue weighted by Gasteiger charge is 2.45. The van der Waals surface area contributed by atoms with Crippen LogP contribution in [0.15, 0.2) is 56.6 Å². The molecular formula is C20H20BrNO4. The number of carbonyl (C=O) groups excluding carboxylic acids is 2. The van der Waals surface area contributed by atoms with Crippen molar-refractivity contribution in [3.63, 3.8) is 0 Å². The van der Waals surface area contributed by atoms with Crippen molar-refractivity contribution in [2.24, 2.45) is 5.92 Å². The molecule has 1 N–H and O–H groups in total. The van der Waals surface area contributed by atoms with E-state index in [4.69, 9.17) is 4.42 Å². The van der Waals surface area contributed by atoms with E-state index in [1.165, 1.54) is 4.90 Å². The zero-order valence-electron chi connectivity index (χ0n) is 14.8. The van der Waals surface area contributed by atoms with Crippen LogP contribution in [0.2, 0.25) is 0 Å². The first-order valence-corrected chi connectivity index (χ1v) is 9.20. The third-order valence-corrected chi connectivity index (χ3v) is 4.77. The first kappa shape index (κ1) is 18.5. The van der Waals surface area contributed by atoms with Gasteiger partial charge in [-0.3, -0.25) is 14.5 Å². The zero-order chi connectivity index (χ0) is 19.0. The predicted octanol–water partition coefficient (Wildman–Crippen LogP) is 4.87. The van der Waals surface area contributed by atoms with Gasteiger partial charge in [-0.25, -0.2) is 0 Å². The van der Waals surface area contributed by atoms with Crippen molar-refractivity contribution in [3.05, 3.63) is 63.7 Å². The minimum absolute atomic E-state index is 0.0981. The number of aliphatic hydroxyl groups is 1. The van der Waals surface area contributed by atoms with Crippen LogP contribution in [0.3, 0.4) is 0 Å². The fourth-order valence-corrected chi connectivity index (χ4v) is 3.37. The van der Waals surface area contributed by atoms with Gasteiger partial charge in [0, 0.05) is 16.6 Å². The number of hydrogen-bond donors (Lipinski definition) is 1. The van der Waals surface area contributed by atoms with Crippen LogP contribution in [-0.2, 0) is 9.59 Å². The maximum Gasteiger partial charge on any atom is 0.294 e. The van der Waals surface area contributed by atoms with Crippen LogP contribution < -0.4 is 4.90 Å². The smallest absolute Gasteiger partial charge is 0.294 e. The molecule has 3 rings (SSSR count). The molecule has 0 radical (unpaired) electrons. The molecule has 2 heterocycles. The Labute approximate surface area is 160 Å². The Hall–Kier alpha value is -2.34. The molecule has 6 heteroatoms. The highest BCUT2D eigenvalue weighted by molar-refractivity contribution is 9.10. The van der Waals surface area contributed by atoms with E-state index < -0.39 is 17.7 Å². The lowest BCUT2D eigenvalue weighted by molar-refractivity contribution is -0.118. The van der Waals surface area contributed by atoms with Crippen LogP contribution in [0.5, 0.6) is 0 Å². The maximum atomic E-state index is 12.8. The van der Waals surface area contributed by atoms with Gasteiger partial charge in [-0.1, -0.05) is 29.8 Å². The second-order valence-electron chi connectivity index (χ2n) is 6.79. The minimum atomic E-state index is -0.774. The first-order chi connectivity index (χ1) is 12.3. The van der Waals surface area contributed by atoms with E-state index in [2.05, 4.69) is 15.9 Å². The average Bonchev–Trinajstić information content (AvgIpc) is 3.10. The quantitative estimate of drug-likeness (QED) is 0.753. The standard InChI is InChI=1S/C20H20BrNO4/c1-11(2)10-15(23)17-18(16-9-4-12(3)26-16)22(20(25)19(17)24)14-7-5-13(21)6-8-14/h4-9,11,18,24H,10H2,1-3H3. The van der Waals surface area contributed by atoms with E-state index in [0.717, 1.165) is 4.47 Å². The Morgan fingerprint density at radius 1 is 1.23 bits per heavy atom. The zero-order valence-corrected chi connectivity index (χ0v) is 16.4. The summed E-state index contributed by atoms with van der Waals surface area (Å²) in [7, 11) is 0. The van der Waals surface area contributed by atoms with Crippen molar-refractivity contribution in [1.29, 1.82) is 0 Å². The Balaban J connectivity index is 2.12. The predicted molar refractivity (Wildman–Crippen MR) is 102 cm³/mol. The van der Waals surface area contributed by atoms with E-state index in [1.54, 1.807) is 43.3 Å². The molecule has 1 amide bonds. The largest absolute Gasteiger partial charge is 0.503 e. The molecule has 1 aromatic carbocycles. The Kier molecular flexibility index (Phi) is 5.05. The summed E-state index contributed by atoms with van der Waals surface area (Å²) in [6.07, 6.45) is 0.247. The van der Waals surface area contributed by atoms with Gasteiger partial charge in [-0.05, 0) is 49.2 Å². The van der Waals surface area contributed by atoms with Crippen molar-refractivity contribution in [1.82, 2.24) is 0 Å². The van der Waals surface area contributed by atoms with Gasteiger partial charge in [-0.15, -0.1) is 0 Å². The maximum absolute atomic E-state index is 12.8. The van der Waals surface area contributed by atoms with Gasteiger partial charge in [0.25, 0.3) is 5.91 Å². The third-order valence-electron chi connectivity index (χ3n) is 4.24. The van der Waals surface area contributed by atoms with E-state index in [0.29, 0.717) is 17.2 Å². The van der Waals surface area contributed by atoms with Crippen LogP contribution >= 0.6 is 15.9 Å². The molecule has 1 aliphatic heterocycles. The number of aliphatic hydroxyl groups excluding tert-OH is 1. The lowest BCUT2D eigenvalue weighted by Gasteiger charge is -2.25. The molecular weight excluding hydrogens is 398 g/mol. The number of rotatable bonds is 5. The molecule has 0 fully saturated rings. The van der Waals surface area contributed by atoms with Gasteiger partial charge >= 0.3 is 0 Å². The highest BCUT2D eigenvalue weighted by Crippen LogP contribution is 2.42. The van der Waals surface area contributed by atoms with Gasteiger partial charge < -0.3 is 9.52 Å². The molecule has 1 aliphatic rings. The summed E-state index contributed by atoms with van der Waals surface area (Å²) in [5.41, 5.74) is 0.678. The number of halogens is 1. The van der Waals surface area contributed by atoms with Gasteiger partial charge in [0.2, 0.25) is 0 Å². The van der Waals surface area contributed by atoms with Crippen LogP contribution in [0.4, 0.5) is 5.69 Å². The lowest BCUT2D eigenvalue weighted by atomic mass is 9.95. The molecule has 0 saturated heterocycles. The van der Waals surface area contributed by atoms with E-state index in [1.807, 2.05) is 13.8 Å². The monoisotopic (exact) mass is 417 g/mol. The molecule has 1 atom stereocenters.